The number of piperidine rings is 1. The first kappa shape index (κ1) is 26.2. The summed E-state index contributed by atoms with van der Waals surface area (Å²) < 4.78 is 0. The Morgan fingerprint density at radius 2 is 1.46 bits per heavy atom. The van der Waals surface area contributed by atoms with Gasteiger partial charge in [0.05, 0.1) is 0 Å². The van der Waals surface area contributed by atoms with Gasteiger partial charge in [0.1, 0.15) is 0 Å². The fourth-order valence-electron chi connectivity index (χ4n) is 5.97. The molecule has 0 saturated carbocycles. The summed E-state index contributed by atoms with van der Waals surface area (Å²) in [4.78, 5) is 18.1. The molecular formula is C33H39ClN2O. The van der Waals surface area contributed by atoms with E-state index in [-0.39, 0.29) is 0 Å². The molecule has 0 unspecified atom stereocenters. The molecule has 5 rings (SSSR count). The van der Waals surface area contributed by atoms with E-state index < -0.39 is 0 Å². The third-order valence-corrected chi connectivity index (χ3v) is 8.43. The summed E-state index contributed by atoms with van der Waals surface area (Å²) in [6.07, 6.45) is 7.38. The van der Waals surface area contributed by atoms with Crippen molar-refractivity contribution < 1.29 is 4.79 Å². The Bertz CT molecular complexity index is 1170. The molecule has 0 N–H and O–H groups in total. The molecule has 2 heterocycles. The number of halogens is 1. The van der Waals surface area contributed by atoms with Crippen LogP contribution in [-0.4, -0.2) is 41.8 Å². The predicted octanol–water partition coefficient (Wildman–Crippen LogP) is 7.21. The average Bonchev–Trinajstić information content (AvgIpc) is 3.12. The van der Waals surface area contributed by atoms with Crippen LogP contribution >= 0.6 is 11.6 Å². The summed E-state index contributed by atoms with van der Waals surface area (Å²) >= 11 is 6.14. The molecule has 3 nitrogen and oxygen atoms in total. The second-order valence-corrected chi connectivity index (χ2v) is 11.3. The summed E-state index contributed by atoms with van der Waals surface area (Å²) in [6.45, 7) is 6.38. The lowest BCUT2D eigenvalue weighted by Crippen LogP contribution is -2.33. The van der Waals surface area contributed by atoms with E-state index in [1.54, 1.807) is 0 Å². The van der Waals surface area contributed by atoms with Crippen LogP contribution < -0.4 is 0 Å². The van der Waals surface area contributed by atoms with E-state index in [0.29, 0.717) is 12.2 Å². The Balaban J connectivity index is 1.05. The third-order valence-electron chi connectivity index (χ3n) is 8.19. The second kappa shape index (κ2) is 12.9. The van der Waals surface area contributed by atoms with Crippen LogP contribution in [0.15, 0.2) is 72.8 Å². The molecule has 1 fully saturated rings. The number of Topliss-reactive ketones (excluding diaryl/α,β-unsaturated/α-hetero) is 1. The molecule has 0 aliphatic carbocycles. The maximum atomic E-state index is 13.0. The molecule has 4 heteroatoms. The number of hydrogen-bond donors (Lipinski definition) is 0. The summed E-state index contributed by atoms with van der Waals surface area (Å²) in [5.41, 5.74) is 6.36. The van der Waals surface area contributed by atoms with Gasteiger partial charge in [-0.25, -0.2) is 0 Å². The first-order valence-electron chi connectivity index (χ1n) is 14.0. The molecule has 2 aliphatic heterocycles. The number of hydrogen-bond acceptors (Lipinski definition) is 3. The molecule has 0 amide bonds. The number of rotatable bonds is 9. The van der Waals surface area contributed by atoms with Gasteiger partial charge in [-0.15, -0.1) is 0 Å². The number of fused-ring (bicyclic) bond motifs is 1. The molecule has 2 aliphatic rings. The van der Waals surface area contributed by atoms with E-state index in [1.807, 2.05) is 12.1 Å². The van der Waals surface area contributed by atoms with Crippen LogP contribution in [0.25, 0.3) is 0 Å². The van der Waals surface area contributed by atoms with Crippen molar-refractivity contribution in [2.24, 2.45) is 5.92 Å². The number of ketones is 1. The highest BCUT2D eigenvalue weighted by atomic mass is 35.5. The minimum Gasteiger partial charge on any atom is -0.299 e. The van der Waals surface area contributed by atoms with Crippen LogP contribution in [0.3, 0.4) is 0 Å². The van der Waals surface area contributed by atoms with Crippen molar-refractivity contribution in [3.8, 4) is 0 Å². The molecule has 0 aromatic heterocycles. The molecule has 0 bridgehead atoms. The first-order valence-corrected chi connectivity index (χ1v) is 14.4. The van der Waals surface area contributed by atoms with Gasteiger partial charge in [0.2, 0.25) is 0 Å². The molecular weight excluding hydrogens is 476 g/mol. The van der Waals surface area contributed by atoms with Crippen molar-refractivity contribution in [3.05, 3.63) is 106 Å². The van der Waals surface area contributed by atoms with Crippen LogP contribution in [0.4, 0.5) is 0 Å². The molecule has 0 atom stereocenters. The number of benzene rings is 3. The fraction of sp³-hybridized carbons (Fsp3) is 0.424. The van der Waals surface area contributed by atoms with Gasteiger partial charge in [-0.3, -0.25) is 14.6 Å². The summed E-state index contributed by atoms with van der Waals surface area (Å²) in [5.74, 6) is 1.05. The van der Waals surface area contributed by atoms with Crippen molar-refractivity contribution in [1.29, 1.82) is 0 Å². The monoisotopic (exact) mass is 514 g/mol. The van der Waals surface area contributed by atoms with Crippen LogP contribution in [0.1, 0.15) is 64.7 Å². The van der Waals surface area contributed by atoms with Crippen LogP contribution in [-0.2, 0) is 25.9 Å². The van der Waals surface area contributed by atoms with Gasteiger partial charge >= 0.3 is 0 Å². The van der Waals surface area contributed by atoms with Crippen LogP contribution in [0.5, 0.6) is 0 Å². The normalized spacial score (nSPS) is 17.3. The van der Waals surface area contributed by atoms with Gasteiger partial charge in [-0.1, -0.05) is 66.2 Å². The Kier molecular flexibility index (Phi) is 9.10. The quantitative estimate of drug-likeness (QED) is 0.282. The highest BCUT2D eigenvalue weighted by molar-refractivity contribution is 6.30. The van der Waals surface area contributed by atoms with Gasteiger partial charge in [-0.05, 0) is 98.0 Å². The highest BCUT2D eigenvalue weighted by Crippen LogP contribution is 2.25. The topological polar surface area (TPSA) is 23.6 Å². The van der Waals surface area contributed by atoms with Crippen LogP contribution in [0, 0.1) is 5.92 Å². The van der Waals surface area contributed by atoms with Crippen LogP contribution in [0.2, 0.25) is 5.02 Å². The van der Waals surface area contributed by atoms with Crippen molar-refractivity contribution in [1.82, 2.24) is 9.80 Å². The lowest BCUT2D eigenvalue weighted by molar-refractivity contribution is 0.0974. The zero-order valence-electron chi connectivity index (χ0n) is 21.9. The molecule has 37 heavy (non-hydrogen) atoms. The van der Waals surface area contributed by atoms with E-state index in [0.717, 1.165) is 81.5 Å². The van der Waals surface area contributed by atoms with Crippen molar-refractivity contribution in [2.45, 2.75) is 58.0 Å². The Morgan fingerprint density at radius 3 is 2.24 bits per heavy atom. The zero-order chi connectivity index (χ0) is 25.5. The second-order valence-electron chi connectivity index (χ2n) is 10.9. The van der Waals surface area contributed by atoms with Gasteiger partial charge in [0.15, 0.2) is 5.78 Å². The summed E-state index contributed by atoms with van der Waals surface area (Å²) in [6, 6.07) is 25.4. The maximum Gasteiger partial charge on any atom is 0.162 e. The minimum atomic E-state index is 0.312. The van der Waals surface area contributed by atoms with Crippen molar-refractivity contribution in [2.75, 3.05) is 26.2 Å². The van der Waals surface area contributed by atoms with E-state index in [9.17, 15) is 4.79 Å². The maximum absolute atomic E-state index is 13.0. The third kappa shape index (κ3) is 7.54. The lowest BCUT2D eigenvalue weighted by atomic mass is 9.90. The van der Waals surface area contributed by atoms with E-state index in [2.05, 4.69) is 70.5 Å². The largest absolute Gasteiger partial charge is 0.299 e. The van der Waals surface area contributed by atoms with E-state index in [4.69, 9.17) is 11.6 Å². The predicted molar refractivity (Wildman–Crippen MR) is 153 cm³/mol. The average molecular weight is 515 g/mol. The van der Waals surface area contributed by atoms with Gasteiger partial charge in [-0.2, -0.15) is 0 Å². The van der Waals surface area contributed by atoms with Crippen molar-refractivity contribution in [3.63, 3.8) is 0 Å². The molecule has 0 radical (unpaired) electrons. The molecule has 3 aromatic carbocycles. The van der Waals surface area contributed by atoms with Gasteiger partial charge < -0.3 is 0 Å². The number of carbonyl (C=O) groups excluding carboxylic acids is 1. The fourth-order valence-corrected chi connectivity index (χ4v) is 6.18. The Labute approximate surface area is 227 Å². The minimum absolute atomic E-state index is 0.312. The lowest BCUT2D eigenvalue weighted by Gasteiger charge is -2.32. The summed E-state index contributed by atoms with van der Waals surface area (Å²) in [5, 5.41) is 0.816. The SMILES string of the molecule is O=C(CCCC1CCN(Cc2cccc(Cl)c2)CC1)c1ccc2c(c1)CCN(Cc1ccccc1)CC2. The summed E-state index contributed by atoms with van der Waals surface area (Å²) in [7, 11) is 0. The Hall–Kier alpha value is -2.46. The number of carbonyl (C=O) groups is 1. The molecule has 3 aromatic rings. The molecule has 194 valence electrons. The van der Waals surface area contributed by atoms with E-state index in [1.165, 1.54) is 35.1 Å². The standard InChI is InChI=1S/C33H39ClN2O/c34-32-10-4-9-28(22-32)25-35-18-14-26(15-19-35)8-5-11-33(37)31-13-12-29-16-20-36(21-17-30(29)23-31)24-27-6-2-1-3-7-27/h1-4,6-7,9-10,12-13,22-23,26H,5,8,11,14-21,24-25H2. The van der Waals surface area contributed by atoms with Gasteiger partial charge in [0.25, 0.3) is 0 Å². The molecule has 1 saturated heterocycles. The zero-order valence-corrected chi connectivity index (χ0v) is 22.6. The highest BCUT2D eigenvalue weighted by Gasteiger charge is 2.20. The first-order chi connectivity index (χ1) is 18.1. The Morgan fingerprint density at radius 1 is 0.757 bits per heavy atom. The van der Waals surface area contributed by atoms with E-state index >= 15 is 0 Å². The molecule has 0 spiro atoms. The smallest absolute Gasteiger partial charge is 0.162 e. The number of likely N-dealkylation sites (tertiary alicyclic amines) is 1. The van der Waals surface area contributed by atoms with Crippen molar-refractivity contribution >= 4 is 17.4 Å². The number of nitrogens with zero attached hydrogens (tertiary/aromatic N) is 2. The van der Waals surface area contributed by atoms with Gasteiger partial charge in [0, 0.05) is 43.2 Å².